The molecule has 30 heavy (non-hydrogen) atoms. The number of anilines is 2. The second kappa shape index (κ2) is 8.63. The fraction of sp³-hybridized carbons (Fsp3) is 0.381. The number of para-hydroxylation sites is 1. The van der Waals surface area contributed by atoms with Crippen molar-refractivity contribution in [3.63, 3.8) is 0 Å². The van der Waals surface area contributed by atoms with Crippen LogP contribution in [-0.2, 0) is 14.8 Å². The van der Waals surface area contributed by atoms with Gasteiger partial charge >= 0.3 is 0 Å². The van der Waals surface area contributed by atoms with Gasteiger partial charge in [0, 0.05) is 43.6 Å². The van der Waals surface area contributed by atoms with E-state index in [9.17, 15) is 13.2 Å². The van der Waals surface area contributed by atoms with Gasteiger partial charge in [-0.05, 0) is 36.8 Å². The predicted octanol–water partition coefficient (Wildman–Crippen LogP) is 1.50. The lowest BCUT2D eigenvalue weighted by Gasteiger charge is -2.31. The van der Waals surface area contributed by atoms with E-state index in [1.165, 1.54) is 12.1 Å². The average molecular weight is 431 g/mol. The highest BCUT2D eigenvalue weighted by Gasteiger charge is 2.30. The Balaban J connectivity index is 1.57. The highest BCUT2D eigenvalue weighted by molar-refractivity contribution is 7.89. The molecule has 0 radical (unpaired) electrons. The molecule has 2 aliphatic heterocycles. The second-order valence-electron chi connectivity index (χ2n) is 7.57. The Morgan fingerprint density at radius 1 is 1.07 bits per heavy atom. The maximum Gasteiger partial charge on any atom is 0.256 e. The van der Waals surface area contributed by atoms with E-state index in [1.54, 1.807) is 11.0 Å². The Kier molecular flexibility index (Phi) is 5.94. The first-order valence-corrected chi connectivity index (χ1v) is 11.6. The first kappa shape index (κ1) is 20.6. The van der Waals surface area contributed by atoms with Gasteiger partial charge in [0.05, 0.1) is 23.7 Å². The number of hydrogen-bond acceptors (Lipinski definition) is 6. The minimum absolute atomic E-state index is 0.0546. The molecule has 0 saturated carbocycles. The van der Waals surface area contributed by atoms with Crippen molar-refractivity contribution in [2.45, 2.75) is 17.4 Å². The first-order valence-electron chi connectivity index (χ1n) is 10.0. The molecule has 1 unspecified atom stereocenters. The van der Waals surface area contributed by atoms with Crippen molar-refractivity contribution in [2.75, 3.05) is 49.6 Å². The number of benzene rings is 2. The summed E-state index contributed by atoms with van der Waals surface area (Å²) in [6, 6.07) is 14.6. The summed E-state index contributed by atoms with van der Waals surface area (Å²) in [5.74, 6) is -0.181. The highest BCUT2D eigenvalue weighted by Crippen LogP contribution is 2.28. The molecule has 1 amide bonds. The summed E-state index contributed by atoms with van der Waals surface area (Å²) in [5.41, 5.74) is 2.10. The zero-order valence-corrected chi connectivity index (χ0v) is 17.5. The van der Waals surface area contributed by atoms with Gasteiger partial charge in [-0.25, -0.2) is 13.6 Å². The van der Waals surface area contributed by atoms with Gasteiger partial charge in [0.2, 0.25) is 10.0 Å². The van der Waals surface area contributed by atoms with Crippen LogP contribution in [0, 0.1) is 0 Å². The van der Waals surface area contributed by atoms with E-state index in [2.05, 4.69) is 10.2 Å². The minimum Gasteiger partial charge on any atom is -0.380 e. The largest absolute Gasteiger partial charge is 0.380 e. The van der Waals surface area contributed by atoms with E-state index < -0.39 is 10.0 Å². The number of primary sulfonamides is 1. The summed E-state index contributed by atoms with van der Waals surface area (Å²) >= 11 is 0. The first-order chi connectivity index (χ1) is 14.4. The summed E-state index contributed by atoms with van der Waals surface area (Å²) in [7, 11) is -3.91. The van der Waals surface area contributed by atoms with Crippen LogP contribution in [0.4, 0.5) is 11.4 Å². The Labute approximate surface area is 176 Å². The van der Waals surface area contributed by atoms with Crippen molar-refractivity contribution >= 4 is 27.3 Å². The monoisotopic (exact) mass is 430 g/mol. The predicted molar refractivity (Wildman–Crippen MR) is 115 cm³/mol. The Bertz CT molecular complexity index is 1010. The Hall–Kier alpha value is -2.62. The SMILES string of the molecule is NS(=O)(=O)c1ccc(N2CCOCC2)c(C(=O)N2CCC(Nc3ccccc3)C2)c1. The number of sulfonamides is 1. The van der Waals surface area contributed by atoms with Crippen LogP contribution in [0.25, 0.3) is 0 Å². The van der Waals surface area contributed by atoms with Crippen LogP contribution in [0.1, 0.15) is 16.8 Å². The molecule has 0 bridgehead atoms. The van der Waals surface area contributed by atoms with E-state index in [-0.39, 0.29) is 16.8 Å². The zero-order chi connectivity index (χ0) is 21.1. The number of likely N-dealkylation sites (tertiary alicyclic amines) is 1. The molecule has 3 N–H and O–H groups in total. The molecule has 2 saturated heterocycles. The molecule has 2 aromatic carbocycles. The van der Waals surface area contributed by atoms with Gasteiger partial charge in [0.15, 0.2) is 0 Å². The zero-order valence-electron chi connectivity index (χ0n) is 16.7. The number of ether oxygens (including phenoxy) is 1. The number of rotatable bonds is 5. The summed E-state index contributed by atoms with van der Waals surface area (Å²) < 4.78 is 29.2. The van der Waals surface area contributed by atoms with Crippen molar-refractivity contribution in [3.05, 3.63) is 54.1 Å². The van der Waals surface area contributed by atoms with Gasteiger partial charge in [-0.3, -0.25) is 4.79 Å². The fourth-order valence-electron chi connectivity index (χ4n) is 3.95. The topological polar surface area (TPSA) is 105 Å². The molecule has 2 aromatic rings. The molecule has 4 rings (SSSR count). The maximum absolute atomic E-state index is 13.4. The summed E-state index contributed by atoms with van der Waals surface area (Å²) in [4.78, 5) is 17.2. The molecule has 2 heterocycles. The van der Waals surface area contributed by atoms with Gasteiger partial charge < -0.3 is 19.9 Å². The van der Waals surface area contributed by atoms with E-state index in [0.29, 0.717) is 45.0 Å². The molecular formula is C21H26N4O4S. The van der Waals surface area contributed by atoms with Crippen LogP contribution < -0.4 is 15.4 Å². The smallest absolute Gasteiger partial charge is 0.256 e. The number of nitrogens with zero attached hydrogens (tertiary/aromatic N) is 2. The minimum atomic E-state index is -3.91. The van der Waals surface area contributed by atoms with E-state index in [4.69, 9.17) is 9.88 Å². The quantitative estimate of drug-likeness (QED) is 0.745. The van der Waals surface area contributed by atoms with Gasteiger partial charge in [-0.15, -0.1) is 0 Å². The number of morpholine rings is 1. The number of hydrogen-bond donors (Lipinski definition) is 2. The molecule has 2 aliphatic rings. The number of carbonyl (C=O) groups is 1. The molecule has 9 heteroatoms. The second-order valence-corrected chi connectivity index (χ2v) is 9.13. The molecule has 0 aromatic heterocycles. The average Bonchev–Trinajstić information content (AvgIpc) is 3.22. The lowest BCUT2D eigenvalue weighted by atomic mass is 10.1. The lowest BCUT2D eigenvalue weighted by molar-refractivity contribution is 0.0790. The van der Waals surface area contributed by atoms with Crippen LogP contribution in [0.5, 0.6) is 0 Å². The fourth-order valence-corrected chi connectivity index (χ4v) is 4.49. The van der Waals surface area contributed by atoms with Crippen molar-refractivity contribution in [1.82, 2.24) is 4.90 Å². The molecular weight excluding hydrogens is 404 g/mol. The molecule has 8 nitrogen and oxygen atoms in total. The maximum atomic E-state index is 13.4. The van der Waals surface area contributed by atoms with E-state index >= 15 is 0 Å². The molecule has 160 valence electrons. The number of carbonyl (C=O) groups excluding carboxylic acids is 1. The number of nitrogens with one attached hydrogen (secondary N) is 1. The standard InChI is InChI=1S/C21H26N4O4S/c22-30(27,28)18-6-7-20(24-10-12-29-13-11-24)19(14-18)21(26)25-9-8-17(15-25)23-16-4-2-1-3-5-16/h1-7,14,17,23H,8-13,15H2,(H2,22,27,28). The normalized spacial score (nSPS) is 19.7. The van der Waals surface area contributed by atoms with E-state index in [1.807, 2.05) is 30.3 Å². The van der Waals surface area contributed by atoms with Crippen LogP contribution in [0.2, 0.25) is 0 Å². The lowest BCUT2D eigenvalue weighted by Crippen LogP contribution is -2.38. The van der Waals surface area contributed by atoms with Crippen LogP contribution in [0.3, 0.4) is 0 Å². The summed E-state index contributed by atoms with van der Waals surface area (Å²) in [6.45, 7) is 3.58. The molecule has 0 spiro atoms. The summed E-state index contributed by atoms with van der Waals surface area (Å²) in [5, 5.41) is 8.77. The van der Waals surface area contributed by atoms with Crippen LogP contribution in [0.15, 0.2) is 53.4 Å². The van der Waals surface area contributed by atoms with Gasteiger partial charge in [-0.2, -0.15) is 0 Å². The number of amides is 1. The van der Waals surface area contributed by atoms with Crippen LogP contribution in [-0.4, -0.2) is 64.7 Å². The summed E-state index contributed by atoms with van der Waals surface area (Å²) in [6.07, 6.45) is 0.822. The molecule has 1 atom stereocenters. The van der Waals surface area contributed by atoms with Crippen molar-refractivity contribution < 1.29 is 17.9 Å². The third-order valence-electron chi connectivity index (χ3n) is 5.50. The van der Waals surface area contributed by atoms with Gasteiger partial charge in [0.1, 0.15) is 0 Å². The van der Waals surface area contributed by atoms with E-state index in [0.717, 1.165) is 17.8 Å². The highest BCUT2D eigenvalue weighted by atomic mass is 32.2. The van der Waals surface area contributed by atoms with Crippen molar-refractivity contribution in [1.29, 1.82) is 0 Å². The number of nitrogens with two attached hydrogens (primary N) is 1. The molecule has 0 aliphatic carbocycles. The van der Waals surface area contributed by atoms with Gasteiger partial charge in [0.25, 0.3) is 5.91 Å². The van der Waals surface area contributed by atoms with Crippen LogP contribution >= 0.6 is 0 Å². The Morgan fingerprint density at radius 3 is 2.50 bits per heavy atom. The van der Waals surface area contributed by atoms with Crippen molar-refractivity contribution in [3.8, 4) is 0 Å². The Morgan fingerprint density at radius 2 is 1.80 bits per heavy atom. The van der Waals surface area contributed by atoms with Gasteiger partial charge in [-0.1, -0.05) is 18.2 Å². The van der Waals surface area contributed by atoms with Crippen molar-refractivity contribution in [2.24, 2.45) is 5.14 Å². The molecule has 2 fully saturated rings. The third-order valence-corrected chi connectivity index (χ3v) is 6.41. The third kappa shape index (κ3) is 4.58.